The number of benzene rings is 3. The zero-order valence-corrected chi connectivity index (χ0v) is 20.1. The summed E-state index contributed by atoms with van der Waals surface area (Å²) in [5.41, 5.74) is 3.84. The van der Waals surface area contributed by atoms with E-state index in [4.69, 9.17) is 14.6 Å². The van der Waals surface area contributed by atoms with Crippen molar-refractivity contribution in [3.63, 3.8) is 0 Å². The molecule has 0 aliphatic carbocycles. The molecule has 7 nitrogen and oxygen atoms in total. The molecule has 2 N–H and O–H groups in total. The highest BCUT2D eigenvalue weighted by Gasteiger charge is 2.40. The van der Waals surface area contributed by atoms with Gasteiger partial charge in [0.1, 0.15) is 10.7 Å². The fourth-order valence-electron chi connectivity index (χ4n) is 4.14. The monoisotopic (exact) mass is 486 g/mol. The zero-order chi connectivity index (χ0) is 24.4. The smallest absolute Gasteiger partial charge is 0.372 e. The Labute approximate surface area is 207 Å². The number of amidine groups is 1. The highest BCUT2D eigenvalue weighted by molar-refractivity contribution is 8.18. The van der Waals surface area contributed by atoms with Gasteiger partial charge in [-0.1, -0.05) is 53.6 Å². The van der Waals surface area contributed by atoms with Crippen LogP contribution in [0.25, 0.3) is 6.08 Å². The van der Waals surface area contributed by atoms with Crippen molar-refractivity contribution in [1.82, 2.24) is 5.32 Å². The number of phenols is 1. The van der Waals surface area contributed by atoms with Crippen LogP contribution in [0.5, 0.6) is 17.2 Å². The third-order valence-corrected chi connectivity index (χ3v) is 6.72. The van der Waals surface area contributed by atoms with Crippen molar-refractivity contribution >= 4 is 34.6 Å². The molecule has 0 spiro atoms. The maximum atomic E-state index is 12.5. The Morgan fingerprint density at radius 2 is 1.83 bits per heavy atom. The number of thioether (sulfide) groups is 1. The van der Waals surface area contributed by atoms with E-state index in [1.807, 2.05) is 65.4 Å². The van der Waals surface area contributed by atoms with E-state index in [1.54, 1.807) is 25.3 Å². The first-order chi connectivity index (χ1) is 17.1. The second-order valence-electron chi connectivity index (χ2n) is 8.05. The van der Waals surface area contributed by atoms with Gasteiger partial charge in [0, 0.05) is 18.2 Å². The number of rotatable bonds is 5. The van der Waals surface area contributed by atoms with Crippen molar-refractivity contribution in [3.8, 4) is 17.2 Å². The highest BCUT2D eigenvalue weighted by atomic mass is 32.2. The third kappa shape index (κ3) is 4.65. The number of hydrazone groups is 1. The van der Waals surface area contributed by atoms with E-state index in [0.29, 0.717) is 18.0 Å². The number of amides is 1. The molecule has 35 heavy (non-hydrogen) atoms. The number of nitrogens with zero attached hydrogens (tertiary/aromatic N) is 2. The molecule has 0 bridgehead atoms. The number of carbonyl (C=O) groups excluding carboxylic acids is 1. The summed E-state index contributed by atoms with van der Waals surface area (Å²) >= 11 is 1.11. The number of aromatic hydroxyl groups is 1. The number of hydrogen-bond acceptors (Lipinski definition) is 6. The van der Waals surface area contributed by atoms with Gasteiger partial charge in [-0.2, -0.15) is 5.32 Å². The Hall–Kier alpha value is -4.04. The molecule has 1 fully saturated rings. The minimum absolute atomic E-state index is 0.0587. The average molecular weight is 487 g/mol. The van der Waals surface area contributed by atoms with Gasteiger partial charge < -0.3 is 14.6 Å². The van der Waals surface area contributed by atoms with Crippen molar-refractivity contribution in [2.24, 2.45) is 5.10 Å². The first-order valence-electron chi connectivity index (χ1n) is 11.1. The minimum atomic E-state index is -0.172. The standard InChI is InChI=1S/C27H23N3O4S/c1-33-20-11-9-19(10-12-20)22-16-21(18-6-4-3-5-7-18)29-30(22)26-25(35-27(32)28-26)15-17-8-13-23(31)24(14-17)34-2/h3-15,22H,16H2,1-2H3,(H,28,31,32)/p+1/t22-/m0/s1. The molecule has 0 unspecified atom stereocenters. The quantitative estimate of drug-likeness (QED) is 0.487. The molecule has 2 aliphatic rings. The SMILES string of the molecule is COc1ccc([C@@H]2CC(c3ccccc3)=N/[N+]2=C2/NC(=O)S/C2=C\c2ccc(O)c(OC)c2)cc1. The lowest BCUT2D eigenvalue weighted by Gasteiger charge is -2.11. The molecular weight excluding hydrogens is 462 g/mol. The Morgan fingerprint density at radius 1 is 1.06 bits per heavy atom. The van der Waals surface area contributed by atoms with Crippen LogP contribution in [0.4, 0.5) is 4.79 Å². The molecule has 0 aromatic heterocycles. The maximum absolute atomic E-state index is 12.5. The first kappa shape index (κ1) is 22.7. The van der Waals surface area contributed by atoms with E-state index in [9.17, 15) is 9.90 Å². The fourth-order valence-corrected chi connectivity index (χ4v) is 4.93. The van der Waals surface area contributed by atoms with Gasteiger partial charge >= 0.3 is 11.1 Å². The highest BCUT2D eigenvalue weighted by Crippen LogP contribution is 2.35. The Kier molecular flexibility index (Phi) is 6.29. The lowest BCUT2D eigenvalue weighted by Crippen LogP contribution is -2.29. The normalized spacial score (nSPS) is 20.6. The molecule has 1 saturated heterocycles. The van der Waals surface area contributed by atoms with Crippen LogP contribution in [0, 0.1) is 0 Å². The second kappa shape index (κ2) is 9.68. The lowest BCUT2D eigenvalue weighted by atomic mass is 9.99. The Bertz CT molecular complexity index is 1360. The van der Waals surface area contributed by atoms with Gasteiger partial charge in [0.05, 0.1) is 19.9 Å². The molecule has 176 valence electrons. The van der Waals surface area contributed by atoms with Crippen molar-refractivity contribution in [1.29, 1.82) is 0 Å². The van der Waals surface area contributed by atoms with Gasteiger partial charge in [-0.3, -0.25) is 0 Å². The van der Waals surface area contributed by atoms with Crippen LogP contribution < -0.4 is 14.8 Å². The summed E-state index contributed by atoms with van der Waals surface area (Å²) in [5, 5.41) is 17.7. The second-order valence-corrected chi connectivity index (χ2v) is 9.07. The molecule has 2 aliphatic heterocycles. The van der Waals surface area contributed by atoms with Crippen molar-refractivity contribution in [2.75, 3.05) is 14.2 Å². The van der Waals surface area contributed by atoms with Gasteiger partial charge in [-0.05, 0) is 47.0 Å². The van der Waals surface area contributed by atoms with Gasteiger partial charge in [0.15, 0.2) is 17.5 Å². The van der Waals surface area contributed by atoms with E-state index >= 15 is 0 Å². The van der Waals surface area contributed by atoms with Gasteiger partial charge in [0.25, 0.3) is 0 Å². The number of phenolic OH excluding ortho intramolecular Hbond substituents is 1. The first-order valence-corrected chi connectivity index (χ1v) is 11.9. The summed E-state index contributed by atoms with van der Waals surface area (Å²) < 4.78 is 12.5. The molecule has 2 heterocycles. The summed E-state index contributed by atoms with van der Waals surface area (Å²) in [6, 6.07) is 22.9. The number of ether oxygens (including phenoxy) is 2. The third-order valence-electron chi connectivity index (χ3n) is 5.91. The van der Waals surface area contributed by atoms with E-state index in [-0.39, 0.29) is 17.0 Å². The van der Waals surface area contributed by atoms with E-state index in [2.05, 4.69) is 5.32 Å². The number of methoxy groups -OCH3 is 2. The van der Waals surface area contributed by atoms with Crippen LogP contribution in [0.15, 0.2) is 82.8 Å². The molecule has 3 aromatic rings. The Morgan fingerprint density at radius 3 is 2.54 bits per heavy atom. The predicted octanol–water partition coefficient (Wildman–Crippen LogP) is 5.17. The Balaban J connectivity index is 1.62. The maximum Gasteiger partial charge on any atom is 0.372 e. The summed E-state index contributed by atoms with van der Waals surface area (Å²) in [4.78, 5) is 13.2. The fraction of sp³-hybridized carbons (Fsp3) is 0.148. The van der Waals surface area contributed by atoms with Crippen molar-refractivity contribution in [3.05, 3.63) is 94.4 Å². The van der Waals surface area contributed by atoms with Crippen molar-refractivity contribution in [2.45, 2.75) is 12.5 Å². The molecular formula is C27H24N3O4S+. The molecule has 0 saturated carbocycles. The van der Waals surface area contributed by atoms with Gasteiger partial charge in [-0.25, -0.2) is 4.79 Å². The van der Waals surface area contributed by atoms with Crippen LogP contribution in [-0.4, -0.2) is 40.8 Å². The van der Waals surface area contributed by atoms with Crippen LogP contribution in [0.3, 0.4) is 0 Å². The van der Waals surface area contributed by atoms with Gasteiger partial charge in [0.2, 0.25) is 0 Å². The summed E-state index contributed by atoms with van der Waals surface area (Å²) in [7, 11) is 3.15. The van der Waals surface area contributed by atoms with Crippen LogP contribution in [0.1, 0.15) is 29.2 Å². The number of hydrogen-bond donors (Lipinski definition) is 2. The van der Waals surface area contributed by atoms with E-state index in [1.165, 1.54) is 7.11 Å². The topological polar surface area (TPSA) is 83.2 Å². The number of carbonyl (C=O) groups is 1. The summed E-state index contributed by atoms with van der Waals surface area (Å²) in [6.45, 7) is 0. The lowest BCUT2D eigenvalue weighted by molar-refractivity contribution is -0.568. The number of nitrogens with one attached hydrogen (secondary N) is 1. The molecule has 8 heteroatoms. The largest absolute Gasteiger partial charge is 0.504 e. The molecule has 0 radical (unpaired) electrons. The van der Waals surface area contributed by atoms with Crippen molar-refractivity contribution < 1.29 is 24.1 Å². The molecule has 3 aromatic carbocycles. The zero-order valence-electron chi connectivity index (χ0n) is 19.3. The summed E-state index contributed by atoms with van der Waals surface area (Å²) in [6.07, 6.45) is 2.57. The predicted molar refractivity (Wildman–Crippen MR) is 137 cm³/mol. The van der Waals surface area contributed by atoms with Crippen LogP contribution in [0.2, 0.25) is 0 Å². The minimum Gasteiger partial charge on any atom is -0.504 e. The van der Waals surface area contributed by atoms with Crippen LogP contribution >= 0.6 is 11.8 Å². The van der Waals surface area contributed by atoms with Crippen LogP contribution in [-0.2, 0) is 0 Å². The summed E-state index contributed by atoms with van der Waals surface area (Å²) in [5.74, 6) is 1.83. The van der Waals surface area contributed by atoms with Gasteiger partial charge in [-0.15, -0.1) is 4.68 Å². The van der Waals surface area contributed by atoms with E-state index < -0.39 is 0 Å². The molecule has 5 rings (SSSR count). The molecule has 1 amide bonds. The average Bonchev–Trinajstić information content (AvgIpc) is 3.49. The molecule has 1 atom stereocenters. The van der Waals surface area contributed by atoms with E-state index in [0.717, 1.165) is 44.8 Å².